The van der Waals surface area contributed by atoms with Crippen LogP contribution in [-0.2, 0) is 16.1 Å². The highest BCUT2D eigenvalue weighted by Crippen LogP contribution is 2.32. The molecule has 7 nitrogen and oxygen atoms in total. The van der Waals surface area contributed by atoms with E-state index in [1.54, 1.807) is 36.6 Å². The van der Waals surface area contributed by atoms with E-state index in [2.05, 4.69) is 20.9 Å². The van der Waals surface area contributed by atoms with Gasteiger partial charge in [0.2, 0.25) is 0 Å². The normalized spacial score (nSPS) is 14.8. The molecule has 3 aromatic carbocycles. The maximum absolute atomic E-state index is 13.9. The van der Waals surface area contributed by atoms with Crippen LogP contribution < -0.4 is 24.4 Å². The molecule has 1 aliphatic rings. The van der Waals surface area contributed by atoms with Gasteiger partial charge in [-0.2, -0.15) is 0 Å². The summed E-state index contributed by atoms with van der Waals surface area (Å²) < 4.78 is 19.9. The summed E-state index contributed by atoms with van der Waals surface area (Å²) in [6, 6.07) is 17.5. The van der Waals surface area contributed by atoms with Gasteiger partial charge < -0.3 is 14.2 Å². The fourth-order valence-corrected chi connectivity index (χ4v) is 6.80. The van der Waals surface area contributed by atoms with E-state index in [4.69, 9.17) is 37.4 Å². The predicted molar refractivity (Wildman–Crippen MR) is 178 cm³/mol. The zero-order valence-electron chi connectivity index (χ0n) is 24.4. The Morgan fingerprint density at radius 1 is 1.11 bits per heavy atom. The second-order valence-corrected chi connectivity index (χ2v) is 13.0. The minimum Gasteiger partial charge on any atom is -0.491 e. The Kier molecular flexibility index (Phi) is 10.00. The van der Waals surface area contributed by atoms with Gasteiger partial charge in [-0.15, -0.1) is 0 Å². The molecule has 0 radical (unpaired) electrons. The number of ether oxygens (including phenoxy) is 3. The summed E-state index contributed by atoms with van der Waals surface area (Å²) in [4.78, 5) is 32.2. The smallest absolute Gasteiger partial charge is 0.338 e. The Morgan fingerprint density at radius 3 is 2.52 bits per heavy atom. The van der Waals surface area contributed by atoms with Crippen molar-refractivity contribution in [2.45, 2.75) is 46.4 Å². The first kappa shape index (κ1) is 32.0. The molecule has 1 aliphatic heterocycles. The standard InChI is InChI=1S/C33H29BrCl2N2O5S/c1-5-41-32(40)29-19(4)37-33-38(30(29)21-8-11-24(12-9-21)43-18(2)3)31(39)28(44-33)15-20-6-13-27(25(34)14-20)42-17-22-7-10-23(35)16-26(22)36/h6-16,18,30H,5,17H2,1-4H3/b28-15-/t30-/m0/s1. The Morgan fingerprint density at radius 2 is 1.86 bits per heavy atom. The number of hydrogen-bond acceptors (Lipinski definition) is 7. The lowest BCUT2D eigenvalue weighted by atomic mass is 9.96. The molecule has 44 heavy (non-hydrogen) atoms. The molecule has 0 spiro atoms. The summed E-state index contributed by atoms with van der Waals surface area (Å²) in [5, 5.41) is 1.09. The van der Waals surface area contributed by atoms with Gasteiger partial charge >= 0.3 is 5.97 Å². The second kappa shape index (κ2) is 13.7. The molecule has 1 aromatic heterocycles. The fraction of sp³-hybridized carbons (Fsp3) is 0.242. The largest absolute Gasteiger partial charge is 0.491 e. The van der Waals surface area contributed by atoms with E-state index >= 15 is 0 Å². The molecule has 4 aromatic rings. The minimum absolute atomic E-state index is 0.0124. The fourth-order valence-electron chi connectivity index (χ4n) is 4.78. The molecular weight excluding hydrogens is 687 g/mol. The maximum atomic E-state index is 13.9. The number of thiazole rings is 1. The number of benzene rings is 3. The molecule has 0 saturated carbocycles. The molecule has 1 atom stereocenters. The van der Waals surface area contributed by atoms with Gasteiger partial charge in [-0.05, 0) is 97.2 Å². The first-order valence-corrected chi connectivity index (χ1v) is 16.2. The lowest BCUT2D eigenvalue weighted by Gasteiger charge is -2.25. The van der Waals surface area contributed by atoms with E-state index in [1.807, 2.05) is 62.4 Å². The summed E-state index contributed by atoms with van der Waals surface area (Å²) in [5.74, 6) is 0.813. The highest BCUT2D eigenvalue weighted by molar-refractivity contribution is 9.10. The maximum Gasteiger partial charge on any atom is 0.338 e. The van der Waals surface area contributed by atoms with Crippen molar-refractivity contribution in [2.75, 3.05) is 6.61 Å². The Balaban J connectivity index is 1.50. The number of carbonyl (C=O) groups is 1. The van der Waals surface area contributed by atoms with E-state index in [0.717, 1.165) is 16.7 Å². The number of carbonyl (C=O) groups excluding carboxylic acids is 1. The third-order valence-corrected chi connectivity index (χ3v) is 8.93. The molecule has 0 saturated heterocycles. The van der Waals surface area contributed by atoms with Crippen LogP contribution in [0.15, 0.2) is 86.2 Å². The SMILES string of the molecule is CCOC(=O)C1=C(C)N=c2s/c(=C\c3ccc(OCc4ccc(Cl)cc4Cl)c(Br)c3)c(=O)n2[C@H]1c1ccc(OC(C)C)cc1. The number of nitrogens with zero attached hydrogens (tertiary/aromatic N) is 2. The van der Waals surface area contributed by atoms with Crippen molar-refractivity contribution in [1.82, 2.24) is 4.57 Å². The zero-order chi connectivity index (χ0) is 31.5. The van der Waals surface area contributed by atoms with Crippen LogP contribution in [0.3, 0.4) is 0 Å². The van der Waals surface area contributed by atoms with Gasteiger partial charge in [-0.25, -0.2) is 9.79 Å². The van der Waals surface area contributed by atoms with Crippen LogP contribution >= 0.6 is 50.5 Å². The number of allylic oxidation sites excluding steroid dienone is 1. The lowest BCUT2D eigenvalue weighted by Crippen LogP contribution is -2.39. The van der Waals surface area contributed by atoms with Crippen molar-refractivity contribution in [3.05, 3.63) is 123 Å². The quantitative estimate of drug-likeness (QED) is 0.171. The monoisotopic (exact) mass is 714 g/mol. The molecular formula is C33H29BrCl2N2O5S. The van der Waals surface area contributed by atoms with Crippen molar-refractivity contribution in [1.29, 1.82) is 0 Å². The van der Waals surface area contributed by atoms with Crippen molar-refractivity contribution in [2.24, 2.45) is 4.99 Å². The van der Waals surface area contributed by atoms with Crippen molar-refractivity contribution in [3.8, 4) is 11.5 Å². The van der Waals surface area contributed by atoms with Gasteiger partial charge in [-0.1, -0.05) is 58.8 Å². The minimum atomic E-state index is -0.706. The van der Waals surface area contributed by atoms with Gasteiger partial charge in [0.1, 0.15) is 18.1 Å². The van der Waals surface area contributed by atoms with Crippen LogP contribution in [0.5, 0.6) is 11.5 Å². The lowest BCUT2D eigenvalue weighted by molar-refractivity contribution is -0.139. The molecule has 2 heterocycles. The third-order valence-electron chi connectivity index (χ3n) is 6.74. The van der Waals surface area contributed by atoms with Crippen LogP contribution in [0.2, 0.25) is 10.0 Å². The molecule has 0 amide bonds. The van der Waals surface area contributed by atoms with E-state index < -0.39 is 12.0 Å². The highest BCUT2D eigenvalue weighted by atomic mass is 79.9. The Bertz CT molecular complexity index is 1930. The predicted octanol–water partition coefficient (Wildman–Crippen LogP) is 7.23. The van der Waals surface area contributed by atoms with Gasteiger partial charge in [0.05, 0.1) is 39.0 Å². The van der Waals surface area contributed by atoms with Crippen LogP contribution in [0.1, 0.15) is 50.4 Å². The van der Waals surface area contributed by atoms with E-state index in [9.17, 15) is 9.59 Å². The molecule has 0 fully saturated rings. The molecule has 0 N–H and O–H groups in total. The van der Waals surface area contributed by atoms with Crippen molar-refractivity contribution >= 4 is 62.5 Å². The van der Waals surface area contributed by atoms with Gasteiger partial charge in [0, 0.05) is 15.6 Å². The van der Waals surface area contributed by atoms with Crippen molar-refractivity contribution in [3.63, 3.8) is 0 Å². The Labute approximate surface area is 277 Å². The topological polar surface area (TPSA) is 79.1 Å². The van der Waals surface area contributed by atoms with Crippen LogP contribution in [0, 0.1) is 0 Å². The average Bonchev–Trinajstić information content (AvgIpc) is 3.26. The first-order chi connectivity index (χ1) is 21.0. The summed E-state index contributed by atoms with van der Waals surface area (Å²) in [6.45, 7) is 7.88. The number of hydrogen-bond donors (Lipinski definition) is 0. The molecule has 5 rings (SSSR count). The van der Waals surface area contributed by atoms with Crippen LogP contribution in [0.4, 0.5) is 0 Å². The first-order valence-electron chi connectivity index (χ1n) is 13.9. The van der Waals surface area contributed by atoms with Gasteiger partial charge in [0.15, 0.2) is 4.80 Å². The van der Waals surface area contributed by atoms with Gasteiger partial charge in [0.25, 0.3) is 5.56 Å². The van der Waals surface area contributed by atoms with Crippen LogP contribution in [0.25, 0.3) is 6.08 Å². The van der Waals surface area contributed by atoms with Crippen molar-refractivity contribution < 1.29 is 19.0 Å². The average molecular weight is 716 g/mol. The van der Waals surface area contributed by atoms with E-state index in [-0.39, 0.29) is 24.9 Å². The van der Waals surface area contributed by atoms with Crippen LogP contribution in [-0.4, -0.2) is 23.2 Å². The zero-order valence-corrected chi connectivity index (χ0v) is 28.3. The molecule has 228 valence electrons. The summed E-state index contributed by atoms with van der Waals surface area (Å²) in [5.41, 5.74) is 2.91. The summed E-state index contributed by atoms with van der Waals surface area (Å²) >= 11 is 17.1. The number of fused-ring (bicyclic) bond motifs is 1. The Hall–Kier alpha value is -3.37. The third kappa shape index (κ3) is 6.96. The molecule has 0 aliphatic carbocycles. The summed E-state index contributed by atoms with van der Waals surface area (Å²) in [7, 11) is 0. The summed E-state index contributed by atoms with van der Waals surface area (Å²) in [6.07, 6.45) is 1.81. The molecule has 0 bridgehead atoms. The number of rotatable bonds is 9. The number of aromatic nitrogens is 1. The number of halogens is 3. The number of esters is 1. The van der Waals surface area contributed by atoms with E-state index in [0.29, 0.717) is 46.6 Å². The highest BCUT2D eigenvalue weighted by Gasteiger charge is 2.33. The second-order valence-electron chi connectivity index (χ2n) is 10.3. The van der Waals surface area contributed by atoms with Gasteiger partial charge in [-0.3, -0.25) is 9.36 Å². The molecule has 0 unspecified atom stereocenters. The van der Waals surface area contributed by atoms with E-state index in [1.165, 1.54) is 11.3 Å². The molecule has 11 heteroatoms.